The second kappa shape index (κ2) is 4.63. The zero-order valence-corrected chi connectivity index (χ0v) is 9.81. The first-order valence-electron chi connectivity index (χ1n) is 3.41. The quantitative estimate of drug-likeness (QED) is 0.457. The summed E-state index contributed by atoms with van der Waals surface area (Å²) in [7, 11) is 4.77. The van der Waals surface area contributed by atoms with Gasteiger partial charge in [0.1, 0.15) is 14.3 Å². The van der Waals surface area contributed by atoms with E-state index in [1.165, 1.54) is 24.6 Å². The minimum absolute atomic E-state index is 0.129. The molecule has 0 radical (unpaired) electrons. The van der Waals surface area contributed by atoms with Crippen LogP contribution in [0.25, 0.3) is 0 Å². The molecular weight excluding hydrogens is 244 g/mol. The fourth-order valence-electron chi connectivity index (χ4n) is 0.762. The first-order valence-corrected chi connectivity index (χ1v) is 5.97. The van der Waals surface area contributed by atoms with Crippen molar-refractivity contribution in [3.8, 4) is 0 Å². The lowest BCUT2D eigenvalue weighted by atomic mass is 10.3. The fraction of sp³-hybridized carbons (Fsp3) is 0.286. The van der Waals surface area contributed by atoms with Crippen molar-refractivity contribution in [2.45, 2.75) is 0 Å². The molecule has 0 fully saturated rings. The Hall–Kier alpha value is -0.790. The molecule has 1 heterocycles. The molecule has 0 N–H and O–H groups in total. The molecule has 0 atom stereocenters. The van der Waals surface area contributed by atoms with Crippen LogP contribution in [0.15, 0.2) is 0 Å². The molecule has 1 aromatic heterocycles. The summed E-state index contributed by atoms with van der Waals surface area (Å²) in [6.07, 6.45) is 0. The Morgan fingerprint density at radius 3 is 2.21 bits per heavy atom. The standard InChI is InChI=1S/C7H6O4S3/c1-10-5(8)3-4(6(9)11-2)13-14-7(3)12/h1-2H3. The highest BCUT2D eigenvalue weighted by molar-refractivity contribution is 7.80. The van der Waals surface area contributed by atoms with E-state index in [0.29, 0.717) is 3.82 Å². The van der Waals surface area contributed by atoms with Crippen molar-refractivity contribution in [1.29, 1.82) is 0 Å². The molecular formula is C7H6O4S3. The van der Waals surface area contributed by atoms with E-state index in [-0.39, 0.29) is 10.4 Å². The zero-order chi connectivity index (χ0) is 10.7. The first-order chi connectivity index (χ1) is 6.61. The summed E-state index contributed by atoms with van der Waals surface area (Å²) < 4.78 is 9.37. The number of hydrogen-bond donors (Lipinski definition) is 0. The van der Waals surface area contributed by atoms with Crippen LogP contribution in [0.2, 0.25) is 0 Å². The molecule has 0 aliphatic rings. The van der Waals surface area contributed by atoms with Crippen LogP contribution in [0.3, 0.4) is 0 Å². The van der Waals surface area contributed by atoms with Crippen LogP contribution in [0.1, 0.15) is 20.0 Å². The Balaban J connectivity index is 3.26. The summed E-state index contributed by atoms with van der Waals surface area (Å²) in [4.78, 5) is 22.7. The largest absolute Gasteiger partial charge is 0.465 e. The van der Waals surface area contributed by atoms with Gasteiger partial charge in [0.25, 0.3) is 0 Å². The predicted octanol–water partition coefficient (Wildman–Crippen LogP) is 2.11. The van der Waals surface area contributed by atoms with Crippen LogP contribution in [0.4, 0.5) is 0 Å². The Morgan fingerprint density at radius 2 is 1.71 bits per heavy atom. The number of hydrogen-bond acceptors (Lipinski definition) is 7. The number of carbonyl (C=O) groups is 2. The third-order valence-corrected chi connectivity index (χ3v) is 4.39. The van der Waals surface area contributed by atoms with E-state index in [1.807, 2.05) is 0 Å². The van der Waals surface area contributed by atoms with Gasteiger partial charge in [-0.05, 0) is 0 Å². The molecule has 4 nitrogen and oxygen atoms in total. The van der Waals surface area contributed by atoms with Crippen molar-refractivity contribution in [2.75, 3.05) is 14.2 Å². The molecule has 0 aliphatic carbocycles. The fourth-order valence-corrected chi connectivity index (χ4v) is 3.41. The Labute approximate surface area is 92.5 Å². The first kappa shape index (κ1) is 11.3. The van der Waals surface area contributed by atoms with Gasteiger partial charge in [-0.25, -0.2) is 9.59 Å². The van der Waals surface area contributed by atoms with E-state index in [2.05, 4.69) is 9.47 Å². The van der Waals surface area contributed by atoms with Crippen LogP contribution in [-0.4, -0.2) is 26.2 Å². The summed E-state index contributed by atoms with van der Waals surface area (Å²) in [6.45, 7) is 0. The SMILES string of the molecule is COC(=O)c1ssc(=S)c1C(=O)OC. The molecule has 0 saturated carbocycles. The van der Waals surface area contributed by atoms with Crippen molar-refractivity contribution in [2.24, 2.45) is 0 Å². The highest BCUT2D eigenvalue weighted by Crippen LogP contribution is 2.26. The van der Waals surface area contributed by atoms with E-state index < -0.39 is 11.9 Å². The third-order valence-electron chi connectivity index (χ3n) is 1.39. The van der Waals surface area contributed by atoms with Crippen molar-refractivity contribution >= 4 is 44.8 Å². The second-order valence-corrected chi connectivity index (χ2v) is 4.96. The number of ether oxygens (including phenoxy) is 2. The Kier molecular flexibility index (Phi) is 3.73. The van der Waals surface area contributed by atoms with E-state index >= 15 is 0 Å². The predicted molar refractivity (Wildman–Crippen MR) is 55.7 cm³/mol. The smallest absolute Gasteiger partial charge is 0.349 e. The van der Waals surface area contributed by atoms with Gasteiger partial charge in [-0.2, -0.15) is 0 Å². The lowest BCUT2D eigenvalue weighted by Crippen LogP contribution is -2.08. The summed E-state index contributed by atoms with van der Waals surface area (Å²) in [6, 6.07) is 0. The van der Waals surface area contributed by atoms with Crippen LogP contribution in [0.5, 0.6) is 0 Å². The summed E-state index contributed by atoms with van der Waals surface area (Å²) in [5, 5.41) is 0. The van der Waals surface area contributed by atoms with E-state index in [1.54, 1.807) is 0 Å². The molecule has 0 bridgehead atoms. The Morgan fingerprint density at radius 1 is 1.14 bits per heavy atom. The van der Waals surface area contributed by atoms with Crippen LogP contribution >= 0.6 is 32.9 Å². The molecule has 1 aromatic rings. The van der Waals surface area contributed by atoms with Crippen LogP contribution in [-0.2, 0) is 9.47 Å². The van der Waals surface area contributed by atoms with Gasteiger partial charge in [0.05, 0.1) is 14.2 Å². The number of rotatable bonds is 2. The monoisotopic (exact) mass is 250 g/mol. The molecule has 0 unspecified atom stereocenters. The van der Waals surface area contributed by atoms with Gasteiger partial charge in [-0.15, -0.1) is 0 Å². The van der Waals surface area contributed by atoms with Gasteiger partial charge in [-0.1, -0.05) is 32.9 Å². The average Bonchev–Trinajstić information content (AvgIpc) is 2.58. The summed E-state index contributed by atoms with van der Waals surface area (Å²) in [5.74, 6) is -1.17. The molecule has 14 heavy (non-hydrogen) atoms. The van der Waals surface area contributed by atoms with E-state index in [0.717, 1.165) is 10.3 Å². The minimum atomic E-state index is -0.604. The topological polar surface area (TPSA) is 52.6 Å². The molecule has 0 aromatic carbocycles. The molecule has 0 saturated heterocycles. The maximum Gasteiger partial charge on any atom is 0.349 e. The van der Waals surface area contributed by atoms with Crippen molar-refractivity contribution < 1.29 is 19.1 Å². The molecule has 76 valence electrons. The third kappa shape index (κ3) is 1.99. The average molecular weight is 250 g/mol. The number of methoxy groups -OCH3 is 2. The van der Waals surface area contributed by atoms with Gasteiger partial charge in [0.15, 0.2) is 0 Å². The molecule has 0 spiro atoms. The molecule has 0 aliphatic heterocycles. The van der Waals surface area contributed by atoms with E-state index in [4.69, 9.17) is 12.2 Å². The van der Waals surface area contributed by atoms with Crippen molar-refractivity contribution in [3.05, 3.63) is 14.3 Å². The summed E-state index contributed by atoms with van der Waals surface area (Å²) >= 11 is 4.90. The van der Waals surface area contributed by atoms with Crippen molar-refractivity contribution in [3.63, 3.8) is 0 Å². The normalized spacial score (nSPS) is 9.57. The summed E-state index contributed by atoms with van der Waals surface area (Å²) in [5.41, 5.74) is 0.129. The molecule has 0 amide bonds. The zero-order valence-electron chi connectivity index (χ0n) is 7.36. The maximum absolute atomic E-state index is 11.3. The lowest BCUT2D eigenvalue weighted by Gasteiger charge is -1.98. The van der Waals surface area contributed by atoms with Gasteiger partial charge < -0.3 is 9.47 Å². The number of carbonyl (C=O) groups excluding carboxylic acids is 2. The van der Waals surface area contributed by atoms with E-state index in [9.17, 15) is 9.59 Å². The number of esters is 2. The molecule has 7 heteroatoms. The van der Waals surface area contributed by atoms with Gasteiger partial charge in [0.2, 0.25) is 0 Å². The van der Waals surface area contributed by atoms with Crippen LogP contribution < -0.4 is 0 Å². The lowest BCUT2D eigenvalue weighted by molar-refractivity contribution is 0.0560. The van der Waals surface area contributed by atoms with Gasteiger partial charge in [-0.3, -0.25) is 0 Å². The van der Waals surface area contributed by atoms with Crippen molar-refractivity contribution in [1.82, 2.24) is 0 Å². The van der Waals surface area contributed by atoms with Gasteiger partial charge in [0, 0.05) is 0 Å². The molecule has 1 rings (SSSR count). The second-order valence-electron chi connectivity index (χ2n) is 2.14. The maximum atomic E-state index is 11.3. The highest BCUT2D eigenvalue weighted by Gasteiger charge is 2.22. The van der Waals surface area contributed by atoms with Gasteiger partial charge >= 0.3 is 11.9 Å². The Bertz CT molecular complexity index is 417. The minimum Gasteiger partial charge on any atom is -0.465 e. The van der Waals surface area contributed by atoms with Crippen LogP contribution in [0, 0.1) is 3.82 Å². The highest BCUT2D eigenvalue weighted by atomic mass is 32.9.